The van der Waals surface area contributed by atoms with Gasteiger partial charge in [-0.3, -0.25) is 4.90 Å². The second-order valence-corrected chi connectivity index (χ2v) is 8.85. The summed E-state index contributed by atoms with van der Waals surface area (Å²) >= 11 is 0. The standard InChI is InChI=1S/C20H31NO/c1-14-7-11-21-16(14)12-17-18(3)8-5-6-15(2)20(18,13-22)10-9-19(17,21)4/h6-7,16-17,22H,5,8-13H2,1-4H3/t16-,17-,18+,19+,20-/m0/s1. The molecule has 0 aromatic carbocycles. The van der Waals surface area contributed by atoms with E-state index in [9.17, 15) is 5.11 Å². The smallest absolute Gasteiger partial charge is 0.0529 e. The monoisotopic (exact) mass is 301 g/mol. The van der Waals surface area contributed by atoms with Gasteiger partial charge in [-0.15, -0.1) is 0 Å². The molecule has 0 aromatic rings. The highest BCUT2D eigenvalue weighted by Gasteiger charge is 2.66. The highest BCUT2D eigenvalue weighted by molar-refractivity contribution is 5.32. The number of fused-ring (bicyclic) bond motifs is 5. The molecule has 122 valence electrons. The van der Waals surface area contributed by atoms with E-state index in [4.69, 9.17) is 0 Å². The fourth-order valence-electron chi connectivity index (χ4n) is 6.89. The molecule has 0 radical (unpaired) electrons. The van der Waals surface area contributed by atoms with Crippen molar-refractivity contribution in [2.75, 3.05) is 13.2 Å². The average molecular weight is 301 g/mol. The molecule has 5 atom stereocenters. The minimum absolute atomic E-state index is 0.0345. The quantitative estimate of drug-likeness (QED) is 0.742. The summed E-state index contributed by atoms with van der Waals surface area (Å²) in [7, 11) is 0. The third-order valence-electron chi connectivity index (χ3n) is 8.44. The summed E-state index contributed by atoms with van der Waals surface area (Å²) in [4.78, 5) is 2.78. The van der Waals surface area contributed by atoms with Gasteiger partial charge in [-0.1, -0.05) is 30.2 Å². The maximum Gasteiger partial charge on any atom is 0.0529 e. The third-order valence-corrected chi connectivity index (χ3v) is 8.44. The number of allylic oxidation sites excluding steroid dienone is 1. The van der Waals surface area contributed by atoms with Gasteiger partial charge >= 0.3 is 0 Å². The summed E-state index contributed by atoms with van der Waals surface area (Å²) in [6.45, 7) is 11.1. The number of aliphatic hydroxyl groups excluding tert-OH is 1. The predicted molar refractivity (Wildman–Crippen MR) is 90.6 cm³/mol. The summed E-state index contributed by atoms with van der Waals surface area (Å²) < 4.78 is 0. The summed E-state index contributed by atoms with van der Waals surface area (Å²) in [5.74, 6) is 0.707. The van der Waals surface area contributed by atoms with Crippen molar-refractivity contribution < 1.29 is 5.11 Å². The lowest BCUT2D eigenvalue weighted by Gasteiger charge is -2.63. The van der Waals surface area contributed by atoms with E-state index in [0.717, 1.165) is 13.0 Å². The Bertz CT molecular complexity index is 564. The van der Waals surface area contributed by atoms with Crippen LogP contribution in [-0.4, -0.2) is 34.7 Å². The van der Waals surface area contributed by atoms with E-state index in [1.54, 1.807) is 5.57 Å². The molecule has 4 rings (SSSR count). The van der Waals surface area contributed by atoms with Gasteiger partial charge in [-0.25, -0.2) is 0 Å². The average Bonchev–Trinajstić information content (AvgIpc) is 2.99. The maximum absolute atomic E-state index is 10.4. The molecule has 2 heterocycles. The van der Waals surface area contributed by atoms with Gasteiger partial charge in [0.2, 0.25) is 0 Å². The Morgan fingerprint density at radius 3 is 2.68 bits per heavy atom. The van der Waals surface area contributed by atoms with Crippen LogP contribution in [-0.2, 0) is 0 Å². The fraction of sp³-hybridized carbons (Fsp3) is 0.800. The first-order valence-corrected chi connectivity index (χ1v) is 9.10. The first-order chi connectivity index (χ1) is 10.4. The van der Waals surface area contributed by atoms with Crippen LogP contribution in [0, 0.1) is 16.7 Å². The molecule has 22 heavy (non-hydrogen) atoms. The van der Waals surface area contributed by atoms with Crippen molar-refractivity contribution in [2.24, 2.45) is 16.7 Å². The Kier molecular flexibility index (Phi) is 3.05. The molecule has 2 heteroatoms. The topological polar surface area (TPSA) is 23.5 Å². The largest absolute Gasteiger partial charge is 0.395 e. The van der Waals surface area contributed by atoms with Gasteiger partial charge in [0.15, 0.2) is 0 Å². The summed E-state index contributed by atoms with van der Waals surface area (Å²) in [6, 6.07) is 0.660. The fourth-order valence-corrected chi connectivity index (χ4v) is 6.89. The van der Waals surface area contributed by atoms with Crippen LogP contribution >= 0.6 is 0 Å². The first-order valence-electron chi connectivity index (χ1n) is 9.10. The Hall–Kier alpha value is -0.600. The van der Waals surface area contributed by atoms with Crippen molar-refractivity contribution in [3.63, 3.8) is 0 Å². The van der Waals surface area contributed by atoms with Crippen LogP contribution in [0.25, 0.3) is 0 Å². The Morgan fingerprint density at radius 1 is 1.18 bits per heavy atom. The number of aliphatic hydroxyl groups is 1. The first kappa shape index (κ1) is 15.0. The molecule has 0 bridgehead atoms. The van der Waals surface area contributed by atoms with E-state index in [2.05, 4.69) is 44.7 Å². The summed E-state index contributed by atoms with van der Waals surface area (Å²) in [5.41, 5.74) is 3.65. The van der Waals surface area contributed by atoms with E-state index in [0.29, 0.717) is 24.1 Å². The van der Waals surface area contributed by atoms with Crippen molar-refractivity contribution in [1.29, 1.82) is 0 Å². The van der Waals surface area contributed by atoms with E-state index in [1.807, 2.05) is 0 Å². The van der Waals surface area contributed by atoms with Crippen molar-refractivity contribution in [3.05, 3.63) is 23.3 Å². The maximum atomic E-state index is 10.4. The van der Waals surface area contributed by atoms with Gasteiger partial charge in [0, 0.05) is 23.5 Å². The second-order valence-electron chi connectivity index (χ2n) is 8.85. The number of hydrogen-bond acceptors (Lipinski definition) is 2. The van der Waals surface area contributed by atoms with E-state index >= 15 is 0 Å². The number of nitrogens with zero attached hydrogens (tertiary/aromatic N) is 1. The van der Waals surface area contributed by atoms with Gasteiger partial charge < -0.3 is 5.11 Å². The van der Waals surface area contributed by atoms with E-state index < -0.39 is 0 Å². The molecule has 2 nitrogen and oxygen atoms in total. The van der Waals surface area contributed by atoms with Gasteiger partial charge in [0.1, 0.15) is 0 Å². The SMILES string of the molecule is CC1=CCN2[C@H]1C[C@@H]1[C@@]2(C)CC[C@]2(CO)C(C)=CCC[C@]12C. The van der Waals surface area contributed by atoms with Crippen LogP contribution in [0.5, 0.6) is 0 Å². The lowest BCUT2D eigenvalue weighted by atomic mass is 9.43. The van der Waals surface area contributed by atoms with Crippen LogP contribution in [0.3, 0.4) is 0 Å². The van der Waals surface area contributed by atoms with Crippen molar-refractivity contribution >= 4 is 0 Å². The molecular weight excluding hydrogens is 270 g/mol. The van der Waals surface area contributed by atoms with E-state index in [-0.39, 0.29) is 10.8 Å². The van der Waals surface area contributed by atoms with Crippen LogP contribution < -0.4 is 0 Å². The van der Waals surface area contributed by atoms with Gasteiger partial charge in [-0.05, 0) is 64.2 Å². The minimum Gasteiger partial charge on any atom is -0.395 e. The van der Waals surface area contributed by atoms with Crippen LogP contribution in [0.1, 0.15) is 59.8 Å². The highest BCUT2D eigenvalue weighted by Crippen LogP contribution is 2.68. The molecule has 0 amide bonds. The third kappa shape index (κ3) is 1.49. The molecule has 4 aliphatic rings. The summed E-state index contributed by atoms with van der Waals surface area (Å²) in [5, 5.41) is 10.4. The molecule has 1 saturated heterocycles. The molecule has 1 saturated carbocycles. The van der Waals surface area contributed by atoms with Crippen molar-refractivity contribution in [1.82, 2.24) is 4.90 Å². The van der Waals surface area contributed by atoms with Crippen LogP contribution in [0.2, 0.25) is 0 Å². The zero-order valence-electron chi connectivity index (χ0n) is 14.7. The van der Waals surface area contributed by atoms with Gasteiger partial charge in [0.25, 0.3) is 0 Å². The highest BCUT2D eigenvalue weighted by atomic mass is 16.3. The van der Waals surface area contributed by atoms with E-state index in [1.165, 1.54) is 31.3 Å². The van der Waals surface area contributed by atoms with Crippen LogP contribution in [0.15, 0.2) is 23.3 Å². The Labute approximate surface area is 135 Å². The molecule has 2 aliphatic carbocycles. The Balaban J connectivity index is 1.81. The molecule has 2 aliphatic heterocycles. The second kappa shape index (κ2) is 4.48. The summed E-state index contributed by atoms with van der Waals surface area (Å²) in [6.07, 6.45) is 11.0. The number of hydrogen-bond donors (Lipinski definition) is 1. The zero-order chi connectivity index (χ0) is 15.8. The molecule has 0 spiro atoms. The minimum atomic E-state index is 0.0345. The molecule has 1 N–H and O–H groups in total. The molecule has 0 aromatic heterocycles. The van der Waals surface area contributed by atoms with Crippen molar-refractivity contribution in [3.8, 4) is 0 Å². The van der Waals surface area contributed by atoms with Crippen molar-refractivity contribution in [2.45, 2.75) is 71.4 Å². The zero-order valence-corrected chi connectivity index (χ0v) is 14.7. The Morgan fingerprint density at radius 2 is 1.95 bits per heavy atom. The van der Waals surface area contributed by atoms with Crippen LogP contribution in [0.4, 0.5) is 0 Å². The van der Waals surface area contributed by atoms with Gasteiger partial charge in [0.05, 0.1) is 6.61 Å². The predicted octanol–water partition coefficient (Wildman–Crippen LogP) is 3.91. The molecular formula is C20H31NO. The molecule has 0 unspecified atom stereocenters. The lowest BCUT2D eigenvalue weighted by Crippen LogP contribution is -2.62. The number of rotatable bonds is 1. The normalized spacial score (nSPS) is 51.0. The lowest BCUT2D eigenvalue weighted by molar-refractivity contribution is -0.116. The van der Waals surface area contributed by atoms with Gasteiger partial charge in [-0.2, -0.15) is 0 Å². The molecule has 2 fully saturated rings.